The quantitative estimate of drug-likeness (QED) is 0.372. The molecule has 0 atom stereocenters. The maximum atomic E-state index is 12.8. The number of quaternary nitrogens is 2. The molecule has 1 saturated heterocycles. The number of carbonyl (C=O) groups excluding carboxylic acids is 2. The van der Waals surface area contributed by atoms with Gasteiger partial charge in [-0.3, -0.25) is 9.59 Å². The highest BCUT2D eigenvalue weighted by molar-refractivity contribution is 8.04. The fourth-order valence-electron chi connectivity index (χ4n) is 4.73. The van der Waals surface area contributed by atoms with Crippen molar-refractivity contribution in [2.75, 3.05) is 44.6 Å². The van der Waals surface area contributed by atoms with E-state index >= 15 is 0 Å². The van der Waals surface area contributed by atoms with Gasteiger partial charge in [0, 0.05) is 16.0 Å². The highest BCUT2D eigenvalue weighted by Crippen LogP contribution is 2.39. The van der Waals surface area contributed by atoms with Crippen LogP contribution in [0.1, 0.15) is 21.5 Å². The number of carbonyl (C=O) groups is 2. The van der Waals surface area contributed by atoms with E-state index in [0.717, 1.165) is 49.7 Å². The van der Waals surface area contributed by atoms with Crippen molar-refractivity contribution < 1.29 is 19.4 Å². The molecule has 0 radical (unpaired) electrons. The largest absolute Gasteiger partial charge is 0.346 e. The SMILES string of the molecule is O=C1Nc2cc(C(=O)NCC[NH+]3CC[NH+](Cc4ccccc4)CC3)ccc2SC1=Cc1ccccc1. The molecular formula is C29H32N4O2S+2. The Morgan fingerprint density at radius 2 is 1.61 bits per heavy atom. The van der Waals surface area contributed by atoms with Crippen molar-refractivity contribution in [3.63, 3.8) is 0 Å². The lowest BCUT2D eigenvalue weighted by molar-refractivity contribution is -1.02. The zero-order valence-electron chi connectivity index (χ0n) is 20.3. The first-order chi connectivity index (χ1) is 17.6. The molecule has 3 aromatic carbocycles. The highest BCUT2D eigenvalue weighted by Gasteiger charge is 2.24. The molecule has 2 heterocycles. The zero-order chi connectivity index (χ0) is 24.7. The van der Waals surface area contributed by atoms with E-state index in [4.69, 9.17) is 0 Å². The lowest BCUT2D eigenvalue weighted by atomic mass is 10.1. The first kappa shape index (κ1) is 24.3. The number of anilines is 1. The third kappa shape index (κ3) is 6.23. The Hall–Kier alpha value is -3.39. The number of piperazine rings is 1. The summed E-state index contributed by atoms with van der Waals surface area (Å²) in [6, 6.07) is 26.0. The first-order valence-electron chi connectivity index (χ1n) is 12.5. The molecule has 0 spiro atoms. The minimum Gasteiger partial charge on any atom is -0.346 e. The molecule has 0 aromatic heterocycles. The van der Waals surface area contributed by atoms with Crippen LogP contribution < -0.4 is 20.4 Å². The second-order valence-corrected chi connectivity index (χ2v) is 10.4. The molecule has 2 aliphatic rings. The van der Waals surface area contributed by atoms with Gasteiger partial charge in [0.05, 0.1) is 23.7 Å². The van der Waals surface area contributed by atoms with E-state index in [0.29, 0.717) is 22.7 Å². The Morgan fingerprint density at radius 1 is 0.917 bits per heavy atom. The van der Waals surface area contributed by atoms with E-state index in [2.05, 4.69) is 41.0 Å². The monoisotopic (exact) mass is 500 g/mol. The summed E-state index contributed by atoms with van der Waals surface area (Å²) >= 11 is 1.43. The highest BCUT2D eigenvalue weighted by atomic mass is 32.2. The average Bonchev–Trinajstić information content (AvgIpc) is 2.91. The molecule has 0 unspecified atom stereocenters. The van der Waals surface area contributed by atoms with Crippen LogP contribution in [-0.4, -0.2) is 51.1 Å². The molecular weight excluding hydrogens is 468 g/mol. The maximum absolute atomic E-state index is 12.8. The number of nitrogens with one attached hydrogen (secondary N) is 4. The number of amides is 2. The summed E-state index contributed by atoms with van der Waals surface area (Å²) in [5, 5.41) is 6.00. The summed E-state index contributed by atoms with van der Waals surface area (Å²) in [7, 11) is 0. The van der Waals surface area contributed by atoms with Gasteiger partial charge in [-0.05, 0) is 29.8 Å². The average molecular weight is 501 g/mol. The van der Waals surface area contributed by atoms with Gasteiger partial charge >= 0.3 is 0 Å². The van der Waals surface area contributed by atoms with Crippen LogP contribution in [0, 0.1) is 0 Å². The Bertz CT molecular complexity index is 1240. The van der Waals surface area contributed by atoms with E-state index in [-0.39, 0.29) is 11.8 Å². The number of fused-ring (bicyclic) bond motifs is 1. The van der Waals surface area contributed by atoms with Crippen molar-refractivity contribution in [2.24, 2.45) is 0 Å². The fourth-order valence-corrected chi connectivity index (χ4v) is 5.66. The van der Waals surface area contributed by atoms with Crippen molar-refractivity contribution in [3.05, 3.63) is 100 Å². The van der Waals surface area contributed by atoms with E-state index in [1.807, 2.05) is 48.5 Å². The molecule has 6 nitrogen and oxygen atoms in total. The van der Waals surface area contributed by atoms with Gasteiger partial charge in [0.25, 0.3) is 11.8 Å². The minimum absolute atomic E-state index is 0.101. The molecule has 1 fully saturated rings. The Balaban J connectivity index is 1.09. The Labute approximate surface area is 216 Å². The second kappa shape index (κ2) is 11.6. The summed E-state index contributed by atoms with van der Waals surface area (Å²) in [5.74, 6) is -0.249. The molecule has 36 heavy (non-hydrogen) atoms. The van der Waals surface area contributed by atoms with Gasteiger partial charge in [-0.1, -0.05) is 72.4 Å². The van der Waals surface area contributed by atoms with Crippen molar-refractivity contribution in [1.82, 2.24) is 5.32 Å². The van der Waals surface area contributed by atoms with Crippen LogP contribution in [0.3, 0.4) is 0 Å². The van der Waals surface area contributed by atoms with Crippen LogP contribution in [0.4, 0.5) is 5.69 Å². The topological polar surface area (TPSA) is 67.1 Å². The van der Waals surface area contributed by atoms with Crippen LogP contribution in [0.5, 0.6) is 0 Å². The zero-order valence-corrected chi connectivity index (χ0v) is 21.1. The van der Waals surface area contributed by atoms with E-state index < -0.39 is 0 Å². The normalized spacial score (nSPS) is 20.4. The van der Waals surface area contributed by atoms with Gasteiger partial charge in [-0.2, -0.15) is 0 Å². The minimum atomic E-state index is -0.147. The summed E-state index contributed by atoms with van der Waals surface area (Å²) in [5.41, 5.74) is 3.63. The predicted octanol–water partition coefficient (Wildman–Crippen LogP) is 1.49. The molecule has 2 amide bonds. The number of hydrogen-bond acceptors (Lipinski definition) is 3. The summed E-state index contributed by atoms with van der Waals surface area (Å²) in [6.07, 6.45) is 1.88. The van der Waals surface area contributed by atoms with E-state index in [9.17, 15) is 9.59 Å². The van der Waals surface area contributed by atoms with Gasteiger partial charge in [-0.25, -0.2) is 0 Å². The molecule has 0 bridgehead atoms. The fraction of sp³-hybridized carbons (Fsp3) is 0.241. The summed E-state index contributed by atoms with van der Waals surface area (Å²) in [6.45, 7) is 7.21. The third-order valence-electron chi connectivity index (χ3n) is 6.76. The molecule has 0 saturated carbocycles. The standard InChI is InChI=1S/C29H30N4O2S/c34-28(30-13-14-32-15-17-33(18-16-32)21-23-9-5-2-6-10-23)24-11-12-26-25(20-24)31-29(35)27(36-26)19-22-7-3-1-4-8-22/h1-12,19-20H,13-18,21H2,(H,30,34)(H,31,35)/p+2. The first-order valence-corrected chi connectivity index (χ1v) is 13.3. The predicted molar refractivity (Wildman–Crippen MR) is 144 cm³/mol. The number of benzene rings is 3. The second-order valence-electron chi connectivity index (χ2n) is 9.35. The van der Waals surface area contributed by atoms with Gasteiger partial charge < -0.3 is 20.4 Å². The van der Waals surface area contributed by atoms with Gasteiger partial charge in [-0.15, -0.1) is 0 Å². The van der Waals surface area contributed by atoms with Gasteiger partial charge in [0.15, 0.2) is 0 Å². The molecule has 2 aliphatic heterocycles. The third-order valence-corrected chi connectivity index (χ3v) is 7.86. The van der Waals surface area contributed by atoms with Crippen LogP contribution in [0.2, 0.25) is 0 Å². The Kier molecular flexibility index (Phi) is 7.81. The van der Waals surface area contributed by atoms with Crippen LogP contribution in [0.25, 0.3) is 6.08 Å². The van der Waals surface area contributed by atoms with Crippen LogP contribution in [0.15, 0.2) is 88.7 Å². The lowest BCUT2D eigenvalue weighted by Crippen LogP contribution is -3.27. The number of hydrogen-bond donors (Lipinski definition) is 4. The summed E-state index contributed by atoms with van der Waals surface area (Å²) < 4.78 is 0. The van der Waals surface area contributed by atoms with Crippen molar-refractivity contribution in [3.8, 4) is 0 Å². The molecule has 7 heteroatoms. The van der Waals surface area contributed by atoms with E-state index in [1.165, 1.54) is 17.3 Å². The molecule has 0 aliphatic carbocycles. The molecule has 184 valence electrons. The lowest BCUT2D eigenvalue weighted by Gasteiger charge is -2.29. The Morgan fingerprint density at radius 3 is 2.36 bits per heavy atom. The smallest absolute Gasteiger partial charge is 0.262 e. The summed E-state index contributed by atoms with van der Waals surface area (Å²) in [4.78, 5) is 30.1. The van der Waals surface area contributed by atoms with Crippen LogP contribution >= 0.6 is 11.8 Å². The van der Waals surface area contributed by atoms with E-state index in [1.54, 1.807) is 15.9 Å². The van der Waals surface area contributed by atoms with Crippen molar-refractivity contribution in [1.29, 1.82) is 0 Å². The number of thioether (sulfide) groups is 1. The van der Waals surface area contributed by atoms with Crippen molar-refractivity contribution >= 4 is 35.3 Å². The molecule has 4 N–H and O–H groups in total. The van der Waals surface area contributed by atoms with Crippen molar-refractivity contribution in [2.45, 2.75) is 11.4 Å². The van der Waals surface area contributed by atoms with Gasteiger partial charge in [0.2, 0.25) is 0 Å². The number of rotatable bonds is 7. The van der Waals surface area contributed by atoms with Crippen LogP contribution in [-0.2, 0) is 11.3 Å². The van der Waals surface area contributed by atoms with Gasteiger partial charge in [0.1, 0.15) is 32.7 Å². The maximum Gasteiger partial charge on any atom is 0.262 e. The molecule has 3 aromatic rings. The molecule has 5 rings (SSSR count).